The predicted octanol–water partition coefficient (Wildman–Crippen LogP) is -2.19. The van der Waals surface area contributed by atoms with Crippen LogP contribution in [0.3, 0.4) is 0 Å². The number of nitrogens with two attached hydrogens (primary N) is 1. The van der Waals surface area contributed by atoms with E-state index in [4.69, 9.17) is 15.9 Å². The molecule has 0 radical (unpaired) electrons. The van der Waals surface area contributed by atoms with Gasteiger partial charge in [-0.15, -0.1) is 0 Å². The van der Waals surface area contributed by atoms with Crippen molar-refractivity contribution < 1.29 is 44.4 Å². The maximum Gasteiger partial charge on any atom is 0.326 e. The quantitative estimate of drug-likeness (QED) is 0.138. The highest BCUT2D eigenvalue weighted by molar-refractivity contribution is 5.95. The van der Waals surface area contributed by atoms with Crippen LogP contribution in [0.25, 0.3) is 10.9 Å². The summed E-state index contributed by atoms with van der Waals surface area (Å²) in [6.45, 7) is 2.34. The lowest BCUT2D eigenvalue weighted by atomic mass is 10.0. The van der Waals surface area contributed by atoms with Crippen LogP contribution in [0.5, 0.6) is 0 Å². The van der Waals surface area contributed by atoms with Crippen molar-refractivity contribution in [2.75, 3.05) is 0 Å². The van der Waals surface area contributed by atoms with E-state index in [-0.39, 0.29) is 6.42 Å². The summed E-state index contributed by atoms with van der Waals surface area (Å²) in [5.74, 6) is -6.13. The summed E-state index contributed by atoms with van der Waals surface area (Å²) in [5, 5.41) is 45.3. The predicted molar refractivity (Wildman–Crippen MR) is 129 cm³/mol. The molecule has 2 rings (SSSR count). The van der Waals surface area contributed by atoms with Gasteiger partial charge in [0.25, 0.3) is 0 Å². The molecule has 0 saturated carbocycles. The average Bonchev–Trinajstić information content (AvgIpc) is 3.22. The minimum Gasteiger partial charge on any atom is -0.481 e. The molecule has 0 saturated heterocycles. The SMILES string of the molecule is CC(O)C(NC(=O)C(N)Cc1c[nH]c2ccccc12)C(=O)NC(C(=O)NC(CC(=O)O)C(=O)O)C(C)O. The van der Waals surface area contributed by atoms with Crippen molar-refractivity contribution in [1.29, 1.82) is 0 Å². The van der Waals surface area contributed by atoms with Crippen LogP contribution in [0.4, 0.5) is 0 Å². The number of rotatable bonds is 13. The minimum atomic E-state index is -1.82. The zero-order chi connectivity index (χ0) is 27.9. The summed E-state index contributed by atoms with van der Waals surface area (Å²) >= 11 is 0. The van der Waals surface area contributed by atoms with E-state index in [0.29, 0.717) is 0 Å². The second-order valence-electron chi connectivity index (χ2n) is 8.62. The number of para-hydroxylation sites is 1. The molecule has 6 unspecified atom stereocenters. The highest BCUT2D eigenvalue weighted by atomic mass is 16.4. The number of aromatic amines is 1. The Bertz CT molecular complexity index is 1150. The van der Waals surface area contributed by atoms with E-state index in [9.17, 15) is 34.2 Å². The smallest absolute Gasteiger partial charge is 0.326 e. The van der Waals surface area contributed by atoms with Crippen LogP contribution in [0, 0.1) is 0 Å². The molecule has 202 valence electrons. The van der Waals surface area contributed by atoms with Crippen molar-refractivity contribution >= 4 is 40.6 Å². The Kier molecular flexibility index (Phi) is 10.1. The van der Waals surface area contributed by atoms with E-state index in [1.165, 1.54) is 6.92 Å². The number of benzene rings is 1. The molecule has 6 atom stereocenters. The summed E-state index contributed by atoms with van der Waals surface area (Å²) in [5.41, 5.74) is 7.63. The molecule has 0 aliphatic heterocycles. The molecule has 0 aliphatic rings. The highest BCUT2D eigenvalue weighted by Crippen LogP contribution is 2.18. The molecule has 0 fully saturated rings. The number of hydrogen-bond acceptors (Lipinski definition) is 8. The van der Waals surface area contributed by atoms with Crippen molar-refractivity contribution in [2.45, 2.75) is 63.1 Å². The molecular weight excluding hydrogens is 490 g/mol. The molecule has 2 aromatic rings. The maximum atomic E-state index is 12.8. The van der Waals surface area contributed by atoms with Crippen LogP contribution < -0.4 is 21.7 Å². The van der Waals surface area contributed by atoms with Crippen LogP contribution in [-0.2, 0) is 30.4 Å². The lowest BCUT2D eigenvalue weighted by molar-refractivity contribution is -0.148. The Labute approximate surface area is 211 Å². The second kappa shape index (κ2) is 12.8. The van der Waals surface area contributed by atoms with E-state index < -0.39 is 72.5 Å². The van der Waals surface area contributed by atoms with Crippen molar-refractivity contribution in [3.8, 4) is 0 Å². The number of aliphatic hydroxyl groups excluding tert-OH is 2. The Hall–Kier alpha value is -4.01. The normalized spacial score (nSPS) is 16.0. The van der Waals surface area contributed by atoms with Crippen LogP contribution >= 0.6 is 0 Å². The fourth-order valence-corrected chi connectivity index (χ4v) is 3.58. The highest BCUT2D eigenvalue weighted by Gasteiger charge is 2.35. The lowest BCUT2D eigenvalue weighted by Crippen LogP contribution is -2.62. The molecule has 0 aliphatic carbocycles. The van der Waals surface area contributed by atoms with Crippen molar-refractivity contribution in [1.82, 2.24) is 20.9 Å². The van der Waals surface area contributed by atoms with Gasteiger partial charge in [0.05, 0.1) is 24.7 Å². The topological polar surface area (TPSA) is 244 Å². The molecule has 37 heavy (non-hydrogen) atoms. The first-order chi connectivity index (χ1) is 17.3. The molecule has 0 bridgehead atoms. The third-order valence-electron chi connectivity index (χ3n) is 5.57. The van der Waals surface area contributed by atoms with Gasteiger partial charge in [-0.3, -0.25) is 19.2 Å². The summed E-state index contributed by atoms with van der Waals surface area (Å²) in [7, 11) is 0. The number of H-pyrrole nitrogens is 1. The van der Waals surface area contributed by atoms with Gasteiger partial charge < -0.3 is 47.1 Å². The molecule has 10 N–H and O–H groups in total. The largest absolute Gasteiger partial charge is 0.481 e. The van der Waals surface area contributed by atoms with Gasteiger partial charge in [0.15, 0.2) is 0 Å². The summed E-state index contributed by atoms with van der Waals surface area (Å²) in [4.78, 5) is 63.2. The molecule has 14 nitrogen and oxygen atoms in total. The number of hydrogen-bond donors (Lipinski definition) is 9. The minimum absolute atomic E-state index is 0.114. The monoisotopic (exact) mass is 521 g/mol. The van der Waals surface area contributed by atoms with Gasteiger partial charge in [-0.1, -0.05) is 18.2 Å². The Morgan fingerprint density at radius 1 is 0.892 bits per heavy atom. The Morgan fingerprint density at radius 3 is 1.97 bits per heavy atom. The first-order valence-corrected chi connectivity index (χ1v) is 11.3. The number of fused-ring (bicyclic) bond motifs is 1. The number of aliphatic carboxylic acids is 2. The summed E-state index contributed by atoms with van der Waals surface area (Å²) in [6, 6.07) is 1.15. The molecule has 0 spiro atoms. The van der Waals surface area contributed by atoms with Gasteiger partial charge in [-0.05, 0) is 31.9 Å². The second-order valence-corrected chi connectivity index (χ2v) is 8.62. The van der Waals surface area contributed by atoms with Crippen molar-refractivity contribution in [3.63, 3.8) is 0 Å². The summed E-state index contributed by atoms with van der Waals surface area (Å²) in [6.07, 6.45) is -2.11. The third kappa shape index (κ3) is 7.99. The number of aliphatic hydroxyl groups is 2. The third-order valence-corrected chi connectivity index (χ3v) is 5.57. The zero-order valence-electron chi connectivity index (χ0n) is 20.2. The number of carboxylic acids is 2. The number of carbonyl (C=O) groups is 5. The maximum absolute atomic E-state index is 12.8. The standard InChI is InChI=1S/C23H31N5O9/c1-10(29)18(21(34)26-16(23(36)37)8-17(31)32)28-22(35)19(11(2)30)27-20(33)14(24)7-12-9-25-15-6-4-3-5-13(12)15/h3-6,9-11,14,16,18-19,25,29-30H,7-8,24H2,1-2H3,(H,26,34)(H,27,33)(H,28,35)(H,31,32)(H,36,37). The van der Waals surface area contributed by atoms with Crippen molar-refractivity contribution in [3.05, 3.63) is 36.0 Å². The molecule has 1 aromatic heterocycles. The number of nitrogens with one attached hydrogen (secondary N) is 4. The number of carbonyl (C=O) groups excluding carboxylic acids is 3. The van der Waals surface area contributed by atoms with Crippen LogP contribution in [0.15, 0.2) is 30.5 Å². The number of carboxylic acid groups (broad SMARTS) is 2. The van der Waals surface area contributed by atoms with Gasteiger partial charge in [-0.25, -0.2) is 4.79 Å². The number of aromatic nitrogens is 1. The van der Waals surface area contributed by atoms with Gasteiger partial charge in [0, 0.05) is 17.1 Å². The molecule has 1 aromatic carbocycles. The molecule has 3 amide bonds. The Balaban J connectivity index is 2.09. The van der Waals surface area contributed by atoms with E-state index in [2.05, 4.69) is 15.6 Å². The van der Waals surface area contributed by atoms with Crippen LogP contribution in [0.1, 0.15) is 25.8 Å². The van der Waals surface area contributed by atoms with E-state index in [1.54, 1.807) is 6.20 Å². The van der Waals surface area contributed by atoms with Gasteiger partial charge in [0.1, 0.15) is 18.1 Å². The molecule has 14 heteroatoms. The van der Waals surface area contributed by atoms with Crippen LogP contribution in [-0.4, -0.2) is 91.4 Å². The average molecular weight is 522 g/mol. The Morgan fingerprint density at radius 2 is 1.43 bits per heavy atom. The zero-order valence-corrected chi connectivity index (χ0v) is 20.2. The van der Waals surface area contributed by atoms with Crippen molar-refractivity contribution in [2.24, 2.45) is 5.73 Å². The van der Waals surface area contributed by atoms with Gasteiger partial charge >= 0.3 is 11.9 Å². The fraction of sp³-hybridized carbons (Fsp3) is 0.435. The van der Waals surface area contributed by atoms with Gasteiger partial charge in [0.2, 0.25) is 17.7 Å². The lowest BCUT2D eigenvalue weighted by Gasteiger charge is -2.27. The van der Waals surface area contributed by atoms with E-state index in [0.717, 1.165) is 23.4 Å². The van der Waals surface area contributed by atoms with Gasteiger partial charge in [-0.2, -0.15) is 0 Å². The summed E-state index contributed by atoms with van der Waals surface area (Å²) < 4.78 is 0. The van der Waals surface area contributed by atoms with Crippen LogP contribution in [0.2, 0.25) is 0 Å². The molecule has 1 heterocycles. The first-order valence-electron chi connectivity index (χ1n) is 11.3. The van der Waals surface area contributed by atoms with E-state index in [1.807, 2.05) is 29.6 Å². The number of amides is 3. The molecular formula is C23H31N5O9. The van der Waals surface area contributed by atoms with E-state index >= 15 is 0 Å². The first kappa shape index (κ1) is 29.2. The fourth-order valence-electron chi connectivity index (χ4n) is 3.58.